The van der Waals surface area contributed by atoms with Gasteiger partial charge in [-0.05, 0) is 31.2 Å². The number of nitrogens with two attached hydrogens (primary N) is 1. The van der Waals surface area contributed by atoms with Crippen molar-refractivity contribution >= 4 is 17.5 Å². The molecular formula is C13H15N5O3. The van der Waals surface area contributed by atoms with Crippen LogP contribution in [0.4, 0.5) is 5.69 Å². The Morgan fingerprint density at radius 1 is 1.24 bits per heavy atom. The van der Waals surface area contributed by atoms with Crippen LogP contribution in [0.5, 0.6) is 0 Å². The van der Waals surface area contributed by atoms with Gasteiger partial charge in [0.2, 0.25) is 11.8 Å². The van der Waals surface area contributed by atoms with Gasteiger partial charge in [0.25, 0.3) is 5.91 Å². The minimum atomic E-state index is -0.352. The van der Waals surface area contributed by atoms with Gasteiger partial charge in [0, 0.05) is 11.3 Å². The molecule has 21 heavy (non-hydrogen) atoms. The van der Waals surface area contributed by atoms with Gasteiger partial charge in [-0.1, -0.05) is 5.16 Å². The molecule has 110 valence electrons. The lowest BCUT2D eigenvalue weighted by Crippen LogP contribution is -2.36. The van der Waals surface area contributed by atoms with Gasteiger partial charge in [0.1, 0.15) is 0 Å². The van der Waals surface area contributed by atoms with Crippen LogP contribution in [-0.4, -0.2) is 28.5 Å². The van der Waals surface area contributed by atoms with E-state index in [-0.39, 0.29) is 24.9 Å². The van der Waals surface area contributed by atoms with Crippen LogP contribution < -0.4 is 16.4 Å². The van der Waals surface area contributed by atoms with Gasteiger partial charge >= 0.3 is 0 Å². The predicted octanol–water partition coefficient (Wildman–Crippen LogP) is 0.00642. The number of amides is 2. The van der Waals surface area contributed by atoms with Gasteiger partial charge in [0.15, 0.2) is 5.82 Å². The fraction of sp³-hybridized carbons (Fsp3) is 0.231. The Morgan fingerprint density at radius 3 is 2.57 bits per heavy atom. The molecule has 0 aliphatic rings. The van der Waals surface area contributed by atoms with Crippen LogP contribution in [0.3, 0.4) is 0 Å². The maximum atomic E-state index is 11.8. The van der Waals surface area contributed by atoms with Gasteiger partial charge < -0.3 is 20.9 Å². The molecule has 2 amide bonds. The zero-order chi connectivity index (χ0) is 15.2. The number of nitrogen functional groups attached to an aromatic ring is 1. The van der Waals surface area contributed by atoms with Gasteiger partial charge in [-0.2, -0.15) is 4.98 Å². The number of benzene rings is 1. The van der Waals surface area contributed by atoms with Crippen molar-refractivity contribution in [1.82, 2.24) is 20.8 Å². The molecule has 8 heteroatoms. The molecule has 0 spiro atoms. The van der Waals surface area contributed by atoms with Crippen LogP contribution >= 0.6 is 0 Å². The number of anilines is 1. The van der Waals surface area contributed by atoms with E-state index in [1.807, 2.05) is 0 Å². The fourth-order valence-electron chi connectivity index (χ4n) is 1.55. The number of aryl methyl sites for hydroxylation is 1. The van der Waals surface area contributed by atoms with E-state index in [1.54, 1.807) is 31.2 Å². The predicted molar refractivity (Wildman–Crippen MR) is 74.1 cm³/mol. The summed E-state index contributed by atoms with van der Waals surface area (Å²) >= 11 is 0. The summed E-state index contributed by atoms with van der Waals surface area (Å²) in [7, 11) is 0. The minimum Gasteiger partial charge on any atom is -0.399 e. The SMILES string of the molecule is Cc1noc(CNC(=O)CNC(=O)c2ccc(N)cc2)n1. The van der Waals surface area contributed by atoms with Gasteiger partial charge in [-0.25, -0.2) is 0 Å². The number of carbonyl (C=O) groups excluding carboxylic acids is 2. The van der Waals surface area contributed by atoms with Crippen LogP contribution in [0.1, 0.15) is 22.1 Å². The molecule has 0 aliphatic heterocycles. The Morgan fingerprint density at radius 2 is 1.95 bits per heavy atom. The molecule has 0 radical (unpaired) electrons. The molecule has 1 heterocycles. The molecule has 2 aromatic rings. The molecule has 0 fully saturated rings. The largest absolute Gasteiger partial charge is 0.399 e. The third-order valence-electron chi connectivity index (χ3n) is 2.59. The zero-order valence-electron chi connectivity index (χ0n) is 11.4. The minimum absolute atomic E-state index is 0.122. The van der Waals surface area contributed by atoms with Crippen molar-refractivity contribution in [2.75, 3.05) is 12.3 Å². The van der Waals surface area contributed by atoms with Crippen molar-refractivity contribution in [3.05, 3.63) is 41.5 Å². The number of hydrogen-bond donors (Lipinski definition) is 3. The number of rotatable bonds is 5. The van der Waals surface area contributed by atoms with Crippen LogP contribution in [-0.2, 0) is 11.3 Å². The Kier molecular flexibility index (Phi) is 4.50. The van der Waals surface area contributed by atoms with Crippen molar-refractivity contribution in [2.24, 2.45) is 0 Å². The molecule has 0 atom stereocenters. The molecule has 0 saturated carbocycles. The highest BCUT2D eigenvalue weighted by atomic mass is 16.5. The van der Waals surface area contributed by atoms with Crippen molar-refractivity contribution in [2.45, 2.75) is 13.5 Å². The number of nitrogens with one attached hydrogen (secondary N) is 2. The molecule has 0 saturated heterocycles. The number of hydrogen-bond acceptors (Lipinski definition) is 6. The van der Waals surface area contributed by atoms with E-state index < -0.39 is 0 Å². The van der Waals surface area contributed by atoms with E-state index in [1.165, 1.54) is 0 Å². The summed E-state index contributed by atoms with van der Waals surface area (Å²) in [5.74, 6) is 0.107. The van der Waals surface area contributed by atoms with Crippen molar-refractivity contribution in [3.63, 3.8) is 0 Å². The molecule has 1 aromatic heterocycles. The lowest BCUT2D eigenvalue weighted by Gasteiger charge is -2.05. The number of aromatic nitrogens is 2. The first-order chi connectivity index (χ1) is 10.0. The Bertz CT molecular complexity index is 636. The van der Waals surface area contributed by atoms with Crippen LogP contribution in [0, 0.1) is 6.92 Å². The molecule has 0 aliphatic carbocycles. The van der Waals surface area contributed by atoms with E-state index in [2.05, 4.69) is 20.8 Å². The maximum Gasteiger partial charge on any atom is 0.251 e. The van der Waals surface area contributed by atoms with Gasteiger partial charge in [-0.15, -0.1) is 0 Å². The highest BCUT2D eigenvalue weighted by Gasteiger charge is 2.09. The Hall–Kier alpha value is -2.90. The Labute approximate surface area is 120 Å². The molecule has 8 nitrogen and oxygen atoms in total. The summed E-state index contributed by atoms with van der Waals surface area (Å²) in [6.45, 7) is 1.66. The smallest absolute Gasteiger partial charge is 0.251 e. The summed E-state index contributed by atoms with van der Waals surface area (Å²) in [6.07, 6.45) is 0. The first-order valence-corrected chi connectivity index (χ1v) is 6.24. The first kappa shape index (κ1) is 14.5. The van der Waals surface area contributed by atoms with E-state index in [4.69, 9.17) is 10.3 Å². The summed E-state index contributed by atoms with van der Waals surface area (Å²) in [4.78, 5) is 27.3. The lowest BCUT2D eigenvalue weighted by atomic mass is 10.2. The monoisotopic (exact) mass is 289 g/mol. The van der Waals surface area contributed by atoms with Crippen LogP contribution in [0.15, 0.2) is 28.8 Å². The highest BCUT2D eigenvalue weighted by molar-refractivity contribution is 5.96. The van der Waals surface area contributed by atoms with Crippen molar-refractivity contribution in [1.29, 1.82) is 0 Å². The molecule has 4 N–H and O–H groups in total. The second-order valence-corrected chi connectivity index (χ2v) is 4.32. The maximum absolute atomic E-state index is 11.8. The third kappa shape index (κ3) is 4.30. The molecular weight excluding hydrogens is 274 g/mol. The number of carbonyl (C=O) groups is 2. The quantitative estimate of drug-likeness (QED) is 0.666. The van der Waals surface area contributed by atoms with Gasteiger partial charge in [0.05, 0.1) is 13.1 Å². The van der Waals surface area contributed by atoms with Crippen LogP contribution in [0.2, 0.25) is 0 Å². The first-order valence-electron chi connectivity index (χ1n) is 6.24. The van der Waals surface area contributed by atoms with E-state index >= 15 is 0 Å². The van der Waals surface area contributed by atoms with E-state index in [0.29, 0.717) is 23.0 Å². The average Bonchev–Trinajstić information content (AvgIpc) is 2.89. The second kappa shape index (κ2) is 6.51. The summed E-state index contributed by atoms with van der Waals surface area (Å²) in [5.41, 5.74) is 6.53. The molecule has 0 bridgehead atoms. The molecule has 2 rings (SSSR count). The van der Waals surface area contributed by atoms with Crippen molar-refractivity contribution < 1.29 is 14.1 Å². The fourth-order valence-corrected chi connectivity index (χ4v) is 1.55. The zero-order valence-corrected chi connectivity index (χ0v) is 11.4. The van der Waals surface area contributed by atoms with E-state index in [9.17, 15) is 9.59 Å². The topological polar surface area (TPSA) is 123 Å². The second-order valence-electron chi connectivity index (χ2n) is 4.32. The number of nitrogens with zero attached hydrogens (tertiary/aromatic N) is 2. The van der Waals surface area contributed by atoms with Crippen molar-refractivity contribution in [3.8, 4) is 0 Å². The highest BCUT2D eigenvalue weighted by Crippen LogP contribution is 2.04. The van der Waals surface area contributed by atoms with Gasteiger partial charge in [-0.3, -0.25) is 9.59 Å². The molecule has 0 unspecified atom stereocenters. The normalized spacial score (nSPS) is 10.1. The Balaban J connectivity index is 1.75. The van der Waals surface area contributed by atoms with E-state index in [0.717, 1.165) is 0 Å². The third-order valence-corrected chi connectivity index (χ3v) is 2.59. The summed E-state index contributed by atoms with van der Waals surface area (Å²) in [5, 5.41) is 8.66. The lowest BCUT2D eigenvalue weighted by molar-refractivity contribution is -0.120. The summed E-state index contributed by atoms with van der Waals surface area (Å²) < 4.78 is 4.85. The van der Waals surface area contributed by atoms with Crippen LogP contribution in [0.25, 0.3) is 0 Å². The standard InChI is InChI=1S/C13H15N5O3/c1-8-17-12(21-18-8)7-15-11(19)6-16-13(20)9-2-4-10(14)5-3-9/h2-5H,6-7,14H2,1H3,(H,15,19)(H,16,20). The summed E-state index contributed by atoms with van der Waals surface area (Å²) in [6, 6.07) is 6.41. The average molecular weight is 289 g/mol. The molecule has 1 aromatic carbocycles.